The lowest BCUT2D eigenvalue weighted by atomic mass is 10.2. The van der Waals surface area contributed by atoms with Gasteiger partial charge in [0.1, 0.15) is 17.8 Å². The van der Waals surface area contributed by atoms with Crippen LogP contribution in [-0.4, -0.2) is 29.7 Å². The van der Waals surface area contributed by atoms with Gasteiger partial charge in [0.15, 0.2) is 11.6 Å². The van der Waals surface area contributed by atoms with Crippen LogP contribution in [0.15, 0.2) is 54.9 Å². The summed E-state index contributed by atoms with van der Waals surface area (Å²) >= 11 is 0. The highest BCUT2D eigenvalue weighted by atomic mass is 16.5. The van der Waals surface area contributed by atoms with Gasteiger partial charge in [-0.05, 0) is 42.3 Å². The molecule has 3 aromatic rings. The molecule has 0 radical (unpaired) electrons. The van der Waals surface area contributed by atoms with E-state index in [-0.39, 0.29) is 11.9 Å². The van der Waals surface area contributed by atoms with E-state index in [0.29, 0.717) is 35.2 Å². The number of nitrogens with zero attached hydrogens (tertiary/aromatic N) is 2. The number of esters is 1. The highest BCUT2D eigenvalue weighted by molar-refractivity contribution is 5.90. The van der Waals surface area contributed by atoms with Crippen molar-refractivity contribution < 1.29 is 14.3 Å². The molecule has 0 saturated carbocycles. The van der Waals surface area contributed by atoms with Gasteiger partial charge in [0.2, 0.25) is 0 Å². The Morgan fingerprint density at radius 2 is 1.70 bits per heavy atom. The molecule has 0 amide bonds. The van der Waals surface area contributed by atoms with E-state index >= 15 is 0 Å². The standard InChI is InChI=1S/C22H25N5O3/c1-14(2)12-30-22(28)15-8-10-16(11-9-15)26-20-19(23)21(25-13-24-20)27-17-6-4-5-7-18(17)29-3/h4-11,13-14H,12,23H2,1-3H3,(H2,24,25,26,27). The number of nitrogens with one attached hydrogen (secondary N) is 2. The van der Waals surface area contributed by atoms with Crippen molar-refractivity contribution >= 4 is 34.7 Å². The molecule has 4 N–H and O–H groups in total. The van der Waals surface area contributed by atoms with Crippen LogP contribution in [0.4, 0.5) is 28.7 Å². The molecular weight excluding hydrogens is 382 g/mol. The Bertz CT molecular complexity index is 1010. The number of benzene rings is 2. The number of ether oxygens (including phenoxy) is 2. The maximum Gasteiger partial charge on any atom is 0.338 e. The third-order valence-corrected chi connectivity index (χ3v) is 4.18. The maximum atomic E-state index is 12.0. The van der Waals surface area contributed by atoms with Crippen molar-refractivity contribution in [3.8, 4) is 5.75 Å². The van der Waals surface area contributed by atoms with E-state index in [2.05, 4.69) is 20.6 Å². The summed E-state index contributed by atoms with van der Waals surface area (Å²) in [7, 11) is 1.60. The van der Waals surface area contributed by atoms with Crippen LogP contribution in [0.3, 0.4) is 0 Å². The lowest BCUT2D eigenvalue weighted by molar-refractivity contribution is 0.0459. The monoisotopic (exact) mass is 407 g/mol. The molecule has 2 aromatic carbocycles. The molecule has 0 aliphatic carbocycles. The Balaban J connectivity index is 1.73. The first-order valence-electron chi connectivity index (χ1n) is 9.52. The number of hydrogen-bond donors (Lipinski definition) is 3. The fourth-order valence-corrected chi connectivity index (χ4v) is 2.62. The van der Waals surface area contributed by atoms with E-state index in [0.717, 1.165) is 11.4 Å². The van der Waals surface area contributed by atoms with Crippen molar-refractivity contribution in [3.05, 3.63) is 60.4 Å². The van der Waals surface area contributed by atoms with Gasteiger partial charge in [-0.15, -0.1) is 0 Å². The molecule has 1 heterocycles. The molecule has 0 spiro atoms. The number of aromatic nitrogens is 2. The SMILES string of the molecule is COc1ccccc1Nc1ncnc(Nc2ccc(C(=O)OCC(C)C)cc2)c1N. The third kappa shape index (κ3) is 5.16. The number of rotatable bonds is 8. The van der Waals surface area contributed by atoms with Gasteiger partial charge in [-0.2, -0.15) is 0 Å². The van der Waals surface area contributed by atoms with E-state index in [4.69, 9.17) is 15.2 Å². The lowest BCUT2D eigenvalue weighted by Gasteiger charge is -2.14. The van der Waals surface area contributed by atoms with Crippen molar-refractivity contribution in [1.82, 2.24) is 9.97 Å². The van der Waals surface area contributed by atoms with Crippen molar-refractivity contribution in [1.29, 1.82) is 0 Å². The number of nitrogen functional groups attached to an aromatic ring is 1. The summed E-state index contributed by atoms with van der Waals surface area (Å²) in [5.74, 6) is 1.50. The highest BCUT2D eigenvalue weighted by Crippen LogP contribution is 2.31. The van der Waals surface area contributed by atoms with Crippen LogP contribution >= 0.6 is 0 Å². The Morgan fingerprint density at radius 3 is 2.37 bits per heavy atom. The Kier molecular flexibility index (Phi) is 6.69. The molecule has 0 atom stereocenters. The summed E-state index contributed by atoms with van der Waals surface area (Å²) in [6.07, 6.45) is 1.41. The fraction of sp³-hybridized carbons (Fsp3) is 0.227. The van der Waals surface area contributed by atoms with Crippen LogP contribution in [0.5, 0.6) is 5.75 Å². The second-order valence-electron chi connectivity index (χ2n) is 7.00. The summed E-state index contributed by atoms with van der Waals surface area (Å²) in [4.78, 5) is 20.5. The van der Waals surface area contributed by atoms with E-state index in [9.17, 15) is 4.79 Å². The highest BCUT2D eigenvalue weighted by Gasteiger charge is 2.12. The number of anilines is 5. The normalized spacial score (nSPS) is 10.5. The number of para-hydroxylation sites is 2. The van der Waals surface area contributed by atoms with Crippen molar-refractivity contribution in [2.24, 2.45) is 5.92 Å². The maximum absolute atomic E-state index is 12.0. The first-order valence-corrected chi connectivity index (χ1v) is 9.52. The van der Waals surface area contributed by atoms with E-state index in [1.54, 1.807) is 31.4 Å². The minimum Gasteiger partial charge on any atom is -0.495 e. The largest absolute Gasteiger partial charge is 0.495 e. The van der Waals surface area contributed by atoms with Crippen LogP contribution in [0.25, 0.3) is 0 Å². The smallest absolute Gasteiger partial charge is 0.338 e. The molecule has 0 saturated heterocycles. The van der Waals surface area contributed by atoms with Crippen molar-refractivity contribution in [2.45, 2.75) is 13.8 Å². The van der Waals surface area contributed by atoms with Gasteiger partial charge in [0.25, 0.3) is 0 Å². The van der Waals surface area contributed by atoms with Gasteiger partial charge in [-0.25, -0.2) is 14.8 Å². The Hall–Kier alpha value is -3.81. The zero-order chi connectivity index (χ0) is 21.5. The molecule has 0 unspecified atom stereocenters. The van der Waals surface area contributed by atoms with Crippen molar-refractivity contribution in [3.63, 3.8) is 0 Å². The second-order valence-corrected chi connectivity index (χ2v) is 7.00. The summed E-state index contributed by atoms with van der Waals surface area (Å²) in [5, 5.41) is 6.31. The molecule has 0 bridgehead atoms. The fourth-order valence-electron chi connectivity index (χ4n) is 2.62. The molecule has 0 fully saturated rings. The van der Waals surface area contributed by atoms with Gasteiger partial charge in [0.05, 0.1) is 25.0 Å². The molecule has 3 rings (SSSR count). The topological polar surface area (TPSA) is 111 Å². The van der Waals surface area contributed by atoms with Crippen molar-refractivity contribution in [2.75, 3.05) is 30.1 Å². The summed E-state index contributed by atoms with van der Waals surface area (Å²) in [5.41, 5.74) is 8.55. The molecule has 1 aromatic heterocycles. The van der Waals surface area contributed by atoms with E-state index in [1.165, 1.54) is 6.33 Å². The van der Waals surface area contributed by atoms with Gasteiger partial charge >= 0.3 is 5.97 Å². The third-order valence-electron chi connectivity index (χ3n) is 4.18. The average Bonchev–Trinajstić information content (AvgIpc) is 2.75. The molecule has 8 heteroatoms. The minimum atomic E-state index is -0.347. The molecule has 8 nitrogen and oxygen atoms in total. The summed E-state index contributed by atoms with van der Waals surface area (Å²) in [6, 6.07) is 14.4. The lowest BCUT2D eigenvalue weighted by Crippen LogP contribution is -2.10. The molecule has 156 valence electrons. The number of carbonyl (C=O) groups is 1. The molecule has 0 aliphatic heterocycles. The second kappa shape index (κ2) is 9.60. The van der Waals surface area contributed by atoms with Gasteiger partial charge in [-0.3, -0.25) is 0 Å². The minimum absolute atomic E-state index is 0.286. The van der Waals surface area contributed by atoms with Crippen LogP contribution in [0, 0.1) is 5.92 Å². The van der Waals surface area contributed by atoms with Crippen LogP contribution in [0.2, 0.25) is 0 Å². The zero-order valence-electron chi connectivity index (χ0n) is 17.2. The van der Waals surface area contributed by atoms with Crippen LogP contribution < -0.4 is 21.1 Å². The number of carbonyl (C=O) groups excluding carboxylic acids is 1. The van der Waals surface area contributed by atoms with Crippen LogP contribution in [0.1, 0.15) is 24.2 Å². The quantitative estimate of drug-likeness (QED) is 0.472. The average molecular weight is 407 g/mol. The van der Waals surface area contributed by atoms with E-state index < -0.39 is 0 Å². The molecule has 0 aliphatic rings. The van der Waals surface area contributed by atoms with E-state index in [1.807, 2.05) is 38.1 Å². The first-order chi connectivity index (χ1) is 14.5. The van der Waals surface area contributed by atoms with Gasteiger partial charge in [-0.1, -0.05) is 26.0 Å². The molecule has 30 heavy (non-hydrogen) atoms. The summed E-state index contributed by atoms with van der Waals surface area (Å²) in [6.45, 7) is 4.37. The first kappa shape index (κ1) is 20.9. The summed E-state index contributed by atoms with van der Waals surface area (Å²) < 4.78 is 10.6. The number of hydrogen-bond acceptors (Lipinski definition) is 8. The van der Waals surface area contributed by atoms with Gasteiger partial charge < -0.3 is 25.8 Å². The van der Waals surface area contributed by atoms with Crippen LogP contribution in [-0.2, 0) is 4.74 Å². The predicted molar refractivity (Wildman–Crippen MR) is 118 cm³/mol. The predicted octanol–water partition coefficient (Wildman–Crippen LogP) is 4.37. The Morgan fingerprint density at radius 1 is 1.03 bits per heavy atom. The number of methoxy groups -OCH3 is 1. The molecular formula is C22H25N5O3. The Labute approximate surface area is 175 Å². The number of nitrogens with two attached hydrogens (primary N) is 1. The zero-order valence-corrected chi connectivity index (χ0v) is 17.2. The van der Waals surface area contributed by atoms with Gasteiger partial charge in [0, 0.05) is 5.69 Å².